The van der Waals surface area contributed by atoms with Crippen LogP contribution in [-0.2, 0) is 21.2 Å². The number of furan rings is 1. The van der Waals surface area contributed by atoms with Crippen molar-refractivity contribution in [3.63, 3.8) is 0 Å². The minimum atomic E-state index is -3.22. The average Bonchev–Trinajstić information content (AvgIpc) is 2.90. The Kier molecular flexibility index (Phi) is 5.05. The SMILES string of the molecule is C[C@@H](Cc1ccco1)NC(=O)[C@@H]1CCCN(S(C)(=O)=O)C1. The second kappa shape index (κ2) is 6.62. The maximum absolute atomic E-state index is 12.2. The fraction of sp³-hybridized carbons (Fsp3) is 0.643. The highest BCUT2D eigenvalue weighted by Gasteiger charge is 2.30. The van der Waals surface area contributed by atoms with Crippen molar-refractivity contribution in [2.45, 2.75) is 32.2 Å². The number of nitrogens with one attached hydrogen (secondary N) is 1. The number of amides is 1. The molecule has 1 amide bonds. The maximum atomic E-state index is 12.2. The predicted octanol–water partition coefficient (Wildman–Crippen LogP) is 0.998. The summed E-state index contributed by atoms with van der Waals surface area (Å²) >= 11 is 0. The predicted molar refractivity (Wildman–Crippen MR) is 79.2 cm³/mol. The first-order valence-electron chi connectivity index (χ1n) is 7.14. The summed E-state index contributed by atoms with van der Waals surface area (Å²) in [7, 11) is -3.22. The van der Waals surface area contributed by atoms with Crippen molar-refractivity contribution >= 4 is 15.9 Å². The smallest absolute Gasteiger partial charge is 0.224 e. The molecule has 6 nitrogen and oxygen atoms in total. The zero-order chi connectivity index (χ0) is 15.5. The van der Waals surface area contributed by atoms with Gasteiger partial charge in [0.2, 0.25) is 15.9 Å². The van der Waals surface area contributed by atoms with E-state index in [-0.39, 0.29) is 24.4 Å². The van der Waals surface area contributed by atoms with Crippen LogP contribution in [0.25, 0.3) is 0 Å². The van der Waals surface area contributed by atoms with E-state index in [1.54, 1.807) is 6.26 Å². The summed E-state index contributed by atoms with van der Waals surface area (Å²) in [5.74, 6) is 0.471. The van der Waals surface area contributed by atoms with E-state index in [4.69, 9.17) is 4.42 Å². The Morgan fingerprint density at radius 1 is 1.57 bits per heavy atom. The number of piperidine rings is 1. The largest absolute Gasteiger partial charge is 0.469 e. The van der Waals surface area contributed by atoms with Crippen LogP contribution in [0.5, 0.6) is 0 Å². The number of hydrogen-bond acceptors (Lipinski definition) is 4. The lowest BCUT2D eigenvalue weighted by Crippen LogP contribution is -2.47. The van der Waals surface area contributed by atoms with Crippen LogP contribution in [0.3, 0.4) is 0 Å². The molecule has 2 rings (SSSR count). The van der Waals surface area contributed by atoms with Crippen molar-refractivity contribution in [2.24, 2.45) is 5.92 Å². The molecule has 0 saturated carbocycles. The Balaban J connectivity index is 1.87. The van der Waals surface area contributed by atoms with E-state index in [1.807, 2.05) is 19.1 Å². The number of carbonyl (C=O) groups is 1. The Bertz CT molecular complexity index is 568. The summed E-state index contributed by atoms with van der Waals surface area (Å²) in [6.45, 7) is 2.69. The van der Waals surface area contributed by atoms with E-state index in [1.165, 1.54) is 10.6 Å². The molecule has 0 aromatic carbocycles. The summed E-state index contributed by atoms with van der Waals surface area (Å²) in [5.41, 5.74) is 0. The van der Waals surface area contributed by atoms with Gasteiger partial charge in [0.15, 0.2) is 0 Å². The molecule has 1 aromatic heterocycles. The lowest BCUT2D eigenvalue weighted by molar-refractivity contribution is -0.126. The molecule has 0 aliphatic carbocycles. The van der Waals surface area contributed by atoms with Gasteiger partial charge < -0.3 is 9.73 Å². The van der Waals surface area contributed by atoms with Crippen LogP contribution >= 0.6 is 0 Å². The molecule has 0 radical (unpaired) electrons. The van der Waals surface area contributed by atoms with Crippen LogP contribution in [0.2, 0.25) is 0 Å². The first-order valence-corrected chi connectivity index (χ1v) is 8.99. The molecule has 1 aliphatic rings. The van der Waals surface area contributed by atoms with Gasteiger partial charge in [-0.3, -0.25) is 4.79 Å². The molecule has 1 fully saturated rings. The molecule has 7 heteroatoms. The average molecular weight is 314 g/mol. The standard InChI is InChI=1S/C14H22N2O4S/c1-11(9-13-6-4-8-20-13)15-14(17)12-5-3-7-16(10-12)21(2,18)19/h4,6,8,11-12H,3,5,7,9-10H2,1-2H3,(H,15,17)/t11-,12+/m0/s1. The fourth-order valence-electron chi connectivity index (χ4n) is 2.60. The van der Waals surface area contributed by atoms with E-state index in [0.717, 1.165) is 18.6 Å². The Hall–Kier alpha value is -1.34. The number of hydrogen-bond donors (Lipinski definition) is 1. The van der Waals surface area contributed by atoms with Crippen LogP contribution in [0.1, 0.15) is 25.5 Å². The summed E-state index contributed by atoms with van der Waals surface area (Å²) in [6, 6.07) is 3.64. The van der Waals surface area contributed by atoms with Crippen molar-refractivity contribution in [3.05, 3.63) is 24.2 Å². The van der Waals surface area contributed by atoms with E-state index in [0.29, 0.717) is 13.0 Å². The molecule has 1 N–H and O–H groups in total. The van der Waals surface area contributed by atoms with Gasteiger partial charge in [0.05, 0.1) is 18.4 Å². The first-order chi connectivity index (χ1) is 9.86. The van der Waals surface area contributed by atoms with E-state index in [9.17, 15) is 13.2 Å². The van der Waals surface area contributed by atoms with Gasteiger partial charge in [0, 0.05) is 25.6 Å². The molecule has 2 atom stereocenters. The second-order valence-corrected chi connectivity index (χ2v) is 7.64. The van der Waals surface area contributed by atoms with Crippen LogP contribution in [0, 0.1) is 5.92 Å². The zero-order valence-electron chi connectivity index (χ0n) is 12.4. The number of sulfonamides is 1. The molecular formula is C14H22N2O4S. The molecular weight excluding hydrogens is 292 g/mol. The van der Waals surface area contributed by atoms with Gasteiger partial charge >= 0.3 is 0 Å². The third-order valence-corrected chi connectivity index (χ3v) is 4.97. The van der Waals surface area contributed by atoms with Gasteiger partial charge in [0.1, 0.15) is 5.76 Å². The van der Waals surface area contributed by atoms with Gasteiger partial charge in [-0.2, -0.15) is 0 Å². The monoisotopic (exact) mass is 314 g/mol. The highest BCUT2D eigenvalue weighted by molar-refractivity contribution is 7.88. The van der Waals surface area contributed by atoms with Crippen LogP contribution in [-0.4, -0.2) is 44.0 Å². The van der Waals surface area contributed by atoms with Gasteiger partial charge in [-0.25, -0.2) is 12.7 Å². The molecule has 0 spiro atoms. The third-order valence-electron chi connectivity index (χ3n) is 3.70. The van der Waals surface area contributed by atoms with Crippen LogP contribution in [0.15, 0.2) is 22.8 Å². The maximum Gasteiger partial charge on any atom is 0.224 e. The van der Waals surface area contributed by atoms with E-state index < -0.39 is 10.0 Å². The minimum absolute atomic E-state index is 0.0442. The third kappa shape index (κ3) is 4.57. The topological polar surface area (TPSA) is 79.6 Å². The van der Waals surface area contributed by atoms with Crippen LogP contribution in [0.4, 0.5) is 0 Å². The van der Waals surface area contributed by atoms with Crippen LogP contribution < -0.4 is 5.32 Å². The minimum Gasteiger partial charge on any atom is -0.469 e. The summed E-state index contributed by atoms with van der Waals surface area (Å²) in [6.07, 6.45) is 4.87. The van der Waals surface area contributed by atoms with Crippen molar-refractivity contribution in [1.29, 1.82) is 0 Å². The van der Waals surface area contributed by atoms with Gasteiger partial charge in [-0.05, 0) is 31.9 Å². The Morgan fingerprint density at radius 3 is 2.95 bits per heavy atom. The summed E-state index contributed by atoms with van der Waals surface area (Å²) in [5, 5.41) is 2.94. The molecule has 0 bridgehead atoms. The van der Waals surface area contributed by atoms with Crippen molar-refractivity contribution in [3.8, 4) is 0 Å². The molecule has 2 heterocycles. The molecule has 1 saturated heterocycles. The molecule has 118 valence electrons. The highest BCUT2D eigenvalue weighted by atomic mass is 32.2. The van der Waals surface area contributed by atoms with Crippen molar-refractivity contribution in [2.75, 3.05) is 19.3 Å². The van der Waals surface area contributed by atoms with Crippen molar-refractivity contribution in [1.82, 2.24) is 9.62 Å². The molecule has 0 unspecified atom stereocenters. The lowest BCUT2D eigenvalue weighted by Gasteiger charge is -2.30. The lowest BCUT2D eigenvalue weighted by atomic mass is 9.98. The Labute approximate surface area is 125 Å². The molecule has 21 heavy (non-hydrogen) atoms. The fourth-order valence-corrected chi connectivity index (χ4v) is 3.51. The van der Waals surface area contributed by atoms with Crippen molar-refractivity contribution < 1.29 is 17.6 Å². The van der Waals surface area contributed by atoms with E-state index >= 15 is 0 Å². The molecule has 1 aromatic rings. The summed E-state index contributed by atoms with van der Waals surface area (Å²) < 4.78 is 29.8. The summed E-state index contributed by atoms with van der Waals surface area (Å²) in [4.78, 5) is 12.2. The number of nitrogens with zero attached hydrogens (tertiary/aromatic N) is 1. The molecule has 1 aliphatic heterocycles. The quantitative estimate of drug-likeness (QED) is 0.879. The zero-order valence-corrected chi connectivity index (χ0v) is 13.2. The second-order valence-electron chi connectivity index (χ2n) is 5.65. The Morgan fingerprint density at radius 2 is 2.33 bits per heavy atom. The van der Waals surface area contributed by atoms with E-state index in [2.05, 4.69) is 5.32 Å². The highest BCUT2D eigenvalue weighted by Crippen LogP contribution is 2.19. The number of rotatable bonds is 5. The van der Waals surface area contributed by atoms with Gasteiger partial charge in [0.25, 0.3) is 0 Å². The normalized spacial score (nSPS) is 21.9. The van der Waals surface area contributed by atoms with Gasteiger partial charge in [-0.15, -0.1) is 0 Å². The first kappa shape index (κ1) is 16.0. The number of carbonyl (C=O) groups excluding carboxylic acids is 1. The van der Waals surface area contributed by atoms with Gasteiger partial charge in [-0.1, -0.05) is 0 Å².